The molecule has 0 aromatic heterocycles. The first-order valence-corrected chi connectivity index (χ1v) is 18.0. The smallest absolute Gasteiger partial charge is 0.243 e. The highest BCUT2D eigenvalue weighted by Gasteiger charge is 2.43. The van der Waals surface area contributed by atoms with Crippen LogP contribution >= 0.6 is 0 Å². The first kappa shape index (κ1) is 40.9. The molecule has 1 aromatic rings. The van der Waals surface area contributed by atoms with Gasteiger partial charge in [-0.2, -0.15) is 0 Å². The van der Waals surface area contributed by atoms with Gasteiger partial charge >= 0.3 is 0 Å². The van der Waals surface area contributed by atoms with E-state index in [2.05, 4.69) is 45.7 Å². The van der Waals surface area contributed by atoms with Gasteiger partial charge in [-0.1, -0.05) is 50.6 Å². The molecule has 2 aliphatic rings. The molecule has 2 saturated carbocycles. The topological polar surface area (TPSA) is 227 Å². The molecular weight excluding hydrogens is 658 g/mol. The second-order valence-electron chi connectivity index (χ2n) is 13.6. The normalized spacial score (nSPS) is 21.3. The molecule has 15 heteroatoms. The predicted octanol–water partition coefficient (Wildman–Crippen LogP) is 0.166. The molecule has 1 aromatic carbocycles. The highest BCUT2D eigenvalue weighted by Crippen LogP contribution is 2.47. The zero-order valence-electron chi connectivity index (χ0n) is 29.8. The number of hydrogen-bond acceptors (Lipinski definition) is 8. The Labute approximate surface area is 299 Å². The Kier molecular flexibility index (Phi) is 17.3. The van der Waals surface area contributed by atoms with Crippen LogP contribution in [0.15, 0.2) is 30.3 Å². The van der Waals surface area contributed by atoms with E-state index in [9.17, 15) is 33.6 Å². The molecule has 3 rings (SSSR count). The van der Waals surface area contributed by atoms with Gasteiger partial charge in [0.25, 0.3) is 0 Å². The minimum atomic E-state index is -1.03. The predicted molar refractivity (Wildman–Crippen MR) is 188 cm³/mol. The number of carbonyl (C=O) groups is 7. The van der Waals surface area contributed by atoms with E-state index in [1.165, 1.54) is 0 Å². The van der Waals surface area contributed by atoms with Gasteiger partial charge < -0.3 is 42.4 Å². The minimum absolute atomic E-state index is 0.0504. The summed E-state index contributed by atoms with van der Waals surface area (Å²) in [7, 11) is 0. The van der Waals surface area contributed by atoms with Gasteiger partial charge in [-0.05, 0) is 61.8 Å². The number of primary amides is 1. The summed E-state index contributed by atoms with van der Waals surface area (Å²) >= 11 is 0. The van der Waals surface area contributed by atoms with Crippen molar-refractivity contribution >= 4 is 41.4 Å². The molecule has 51 heavy (non-hydrogen) atoms. The Hall–Kier alpha value is -4.53. The lowest BCUT2D eigenvalue weighted by Crippen LogP contribution is -2.52. The van der Waals surface area contributed by atoms with Crippen LogP contribution < -0.4 is 37.6 Å². The molecule has 2 unspecified atom stereocenters. The van der Waals surface area contributed by atoms with Crippen molar-refractivity contribution < 1.29 is 38.3 Å². The van der Waals surface area contributed by atoms with E-state index in [1.54, 1.807) is 24.3 Å². The number of hydrogen-bond donors (Lipinski definition) is 7. The van der Waals surface area contributed by atoms with E-state index in [0.717, 1.165) is 18.4 Å². The second-order valence-corrected chi connectivity index (χ2v) is 13.6. The monoisotopic (exact) mass is 713 g/mol. The molecule has 0 bridgehead atoms. The SMILES string of the molecule is CC1C(C)C1CC(=O)NCCCCCC(=O)NCC(=O)NCC(=O)N[C@@H](Cc1ccccc1)C(=O)NCC(=O)NCOC1CCC(C(N)=O)CC1. The number of benzene rings is 1. The summed E-state index contributed by atoms with van der Waals surface area (Å²) in [6.45, 7) is 3.78. The fraction of sp³-hybridized carbons (Fsp3) is 0.639. The Morgan fingerprint density at radius 3 is 2.02 bits per heavy atom. The van der Waals surface area contributed by atoms with Crippen LogP contribution in [0.2, 0.25) is 0 Å². The summed E-state index contributed by atoms with van der Waals surface area (Å²) in [6, 6.07) is 7.98. The van der Waals surface area contributed by atoms with Crippen LogP contribution in [0, 0.1) is 23.7 Å². The van der Waals surface area contributed by atoms with Gasteiger partial charge in [0.15, 0.2) is 0 Å². The lowest BCUT2D eigenvalue weighted by Gasteiger charge is -2.26. The number of rotatable bonds is 22. The van der Waals surface area contributed by atoms with E-state index in [4.69, 9.17) is 10.5 Å². The van der Waals surface area contributed by atoms with E-state index in [1.807, 2.05) is 6.07 Å². The highest BCUT2D eigenvalue weighted by molar-refractivity contribution is 5.92. The summed E-state index contributed by atoms with van der Waals surface area (Å²) < 4.78 is 5.67. The van der Waals surface area contributed by atoms with Crippen LogP contribution in [0.25, 0.3) is 0 Å². The number of ether oxygens (including phenoxy) is 1. The summed E-state index contributed by atoms with van der Waals surface area (Å²) in [6.07, 6.45) is 5.61. The molecule has 3 atom stereocenters. The van der Waals surface area contributed by atoms with Crippen molar-refractivity contribution in [2.75, 3.05) is 32.9 Å². The summed E-state index contributed by atoms with van der Waals surface area (Å²) in [5, 5.41) is 15.6. The third-order valence-corrected chi connectivity index (χ3v) is 9.78. The van der Waals surface area contributed by atoms with E-state index in [-0.39, 0.29) is 62.4 Å². The standard InChI is InChI=1S/C36H55N7O8/c1-23-24(2)28(23)18-31(45)38-16-8-4-7-11-30(44)39-19-32(46)40-21-34(48)43-29(17-25-9-5-3-6-10-25)36(50)41-20-33(47)42-22-51-27-14-12-26(13-15-27)35(37)49/h3,5-6,9-10,23-24,26-29H,4,7-8,11-22H2,1-2H3,(H2,37,49)(H,38,45)(H,39,44)(H,40,46)(H,41,50)(H,42,47)(H,43,48)/t23?,24?,26?,27?,28?,29-/m0/s1. The minimum Gasteiger partial charge on any atom is -0.369 e. The molecule has 0 spiro atoms. The Morgan fingerprint density at radius 2 is 1.35 bits per heavy atom. The molecule has 0 radical (unpaired) electrons. The van der Waals surface area contributed by atoms with Crippen molar-refractivity contribution in [1.82, 2.24) is 31.9 Å². The Morgan fingerprint density at radius 1 is 0.725 bits per heavy atom. The van der Waals surface area contributed by atoms with Crippen molar-refractivity contribution in [3.05, 3.63) is 35.9 Å². The maximum Gasteiger partial charge on any atom is 0.243 e. The maximum absolute atomic E-state index is 13.0. The molecule has 7 amide bonds. The van der Waals surface area contributed by atoms with Gasteiger partial charge in [0.1, 0.15) is 12.8 Å². The van der Waals surface area contributed by atoms with Crippen molar-refractivity contribution in [3.63, 3.8) is 0 Å². The Bertz CT molecular complexity index is 1330. The lowest BCUT2D eigenvalue weighted by atomic mass is 9.87. The lowest BCUT2D eigenvalue weighted by molar-refractivity contribution is -0.131. The maximum atomic E-state index is 13.0. The number of unbranched alkanes of at least 4 members (excludes halogenated alkanes) is 2. The van der Waals surface area contributed by atoms with E-state index < -0.39 is 36.2 Å². The van der Waals surface area contributed by atoms with Crippen molar-refractivity contribution in [1.29, 1.82) is 0 Å². The number of carbonyl (C=O) groups excluding carboxylic acids is 7. The first-order chi connectivity index (χ1) is 24.4. The highest BCUT2D eigenvalue weighted by atomic mass is 16.5. The van der Waals surface area contributed by atoms with Gasteiger partial charge in [0.05, 0.1) is 25.7 Å². The summed E-state index contributed by atoms with van der Waals surface area (Å²) in [5.74, 6) is -1.23. The van der Waals surface area contributed by atoms with E-state index >= 15 is 0 Å². The zero-order chi connectivity index (χ0) is 37.2. The van der Waals surface area contributed by atoms with Gasteiger partial charge in [-0.25, -0.2) is 0 Å². The Balaban J connectivity index is 1.29. The van der Waals surface area contributed by atoms with Gasteiger partial charge in [-0.15, -0.1) is 0 Å². The average Bonchev–Trinajstić information content (AvgIpc) is 3.68. The number of nitrogens with one attached hydrogen (secondary N) is 6. The van der Waals surface area contributed by atoms with Crippen LogP contribution in [0.4, 0.5) is 0 Å². The van der Waals surface area contributed by atoms with Crippen LogP contribution in [0.3, 0.4) is 0 Å². The summed E-state index contributed by atoms with van der Waals surface area (Å²) in [5.41, 5.74) is 6.13. The first-order valence-electron chi connectivity index (χ1n) is 18.0. The summed E-state index contributed by atoms with van der Waals surface area (Å²) in [4.78, 5) is 85.8. The van der Waals surface area contributed by atoms with Crippen molar-refractivity contribution in [2.24, 2.45) is 29.4 Å². The van der Waals surface area contributed by atoms with Gasteiger partial charge in [0, 0.05) is 31.7 Å². The third kappa shape index (κ3) is 15.9. The largest absolute Gasteiger partial charge is 0.369 e. The van der Waals surface area contributed by atoms with Crippen LogP contribution in [0.5, 0.6) is 0 Å². The van der Waals surface area contributed by atoms with Gasteiger partial charge in [-0.3, -0.25) is 33.6 Å². The molecule has 0 saturated heterocycles. The quantitative estimate of drug-likeness (QED) is 0.0646. The number of amides is 7. The molecule has 282 valence electrons. The fourth-order valence-electron chi connectivity index (χ4n) is 6.16. The van der Waals surface area contributed by atoms with E-state index in [0.29, 0.717) is 62.8 Å². The number of nitrogens with two attached hydrogens (primary N) is 1. The molecule has 0 heterocycles. The van der Waals surface area contributed by atoms with Crippen molar-refractivity contribution in [3.8, 4) is 0 Å². The fourth-order valence-corrected chi connectivity index (χ4v) is 6.16. The van der Waals surface area contributed by atoms with Crippen LogP contribution in [0.1, 0.15) is 77.2 Å². The average molecular weight is 714 g/mol. The third-order valence-electron chi connectivity index (χ3n) is 9.78. The zero-order valence-corrected chi connectivity index (χ0v) is 29.8. The molecular formula is C36H55N7O8. The molecule has 8 N–H and O–H groups in total. The second kappa shape index (κ2) is 21.6. The van der Waals surface area contributed by atoms with Crippen LogP contribution in [-0.4, -0.2) is 86.4 Å². The molecule has 2 fully saturated rings. The molecule has 15 nitrogen and oxygen atoms in total. The van der Waals surface area contributed by atoms with Crippen molar-refractivity contribution in [2.45, 2.75) is 90.2 Å². The molecule has 0 aliphatic heterocycles. The van der Waals surface area contributed by atoms with Gasteiger partial charge in [0.2, 0.25) is 41.4 Å². The van der Waals surface area contributed by atoms with Crippen LogP contribution in [-0.2, 0) is 44.7 Å². The molecule has 2 aliphatic carbocycles.